The number of piperidine rings is 1. The third kappa shape index (κ3) is 4.08. The Morgan fingerprint density at radius 1 is 1.18 bits per heavy atom. The first-order valence-electron chi connectivity index (χ1n) is 8.26. The highest BCUT2D eigenvalue weighted by atomic mass is 16.1. The van der Waals surface area contributed by atoms with Crippen molar-refractivity contribution in [3.05, 3.63) is 48.0 Å². The van der Waals surface area contributed by atoms with Gasteiger partial charge in [0.1, 0.15) is 0 Å². The molecule has 0 aliphatic carbocycles. The molecule has 3 rings (SSSR count). The monoisotopic (exact) mass is 296 g/mol. The molecule has 116 valence electrons. The van der Waals surface area contributed by atoms with Crippen LogP contribution in [-0.2, 0) is 11.2 Å². The van der Waals surface area contributed by atoms with Gasteiger partial charge < -0.3 is 10.6 Å². The lowest BCUT2D eigenvalue weighted by molar-refractivity contribution is -0.120. The second-order valence-electron chi connectivity index (χ2n) is 6.21. The molecule has 0 aromatic heterocycles. The highest BCUT2D eigenvalue weighted by molar-refractivity contribution is 5.85. The first-order chi connectivity index (χ1) is 10.8. The van der Waals surface area contributed by atoms with E-state index in [4.69, 9.17) is 0 Å². The fourth-order valence-corrected chi connectivity index (χ4v) is 3.18. The van der Waals surface area contributed by atoms with Crippen molar-refractivity contribution in [1.82, 2.24) is 10.6 Å². The molecule has 1 unspecified atom stereocenters. The van der Waals surface area contributed by atoms with Crippen LogP contribution >= 0.6 is 0 Å². The summed E-state index contributed by atoms with van der Waals surface area (Å²) in [4.78, 5) is 12.1. The van der Waals surface area contributed by atoms with Crippen molar-refractivity contribution in [2.45, 2.75) is 25.7 Å². The minimum Gasteiger partial charge on any atom is -0.356 e. The van der Waals surface area contributed by atoms with Gasteiger partial charge >= 0.3 is 0 Å². The Bertz CT molecular complexity index is 632. The lowest BCUT2D eigenvalue weighted by atomic mass is 9.96. The molecule has 1 fully saturated rings. The van der Waals surface area contributed by atoms with E-state index in [9.17, 15) is 4.79 Å². The van der Waals surface area contributed by atoms with Gasteiger partial charge in [-0.1, -0.05) is 42.5 Å². The average Bonchev–Trinajstić information content (AvgIpc) is 2.56. The third-order valence-electron chi connectivity index (χ3n) is 4.45. The van der Waals surface area contributed by atoms with Crippen molar-refractivity contribution in [3.8, 4) is 0 Å². The molecule has 1 atom stereocenters. The van der Waals surface area contributed by atoms with Gasteiger partial charge in [-0.25, -0.2) is 0 Å². The van der Waals surface area contributed by atoms with Crippen molar-refractivity contribution in [3.63, 3.8) is 0 Å². The number of hydrogen-bond donors (Lipinski definition) is 2. The first-order valence-corrected chi connectivity index (χ1v) is 8.26. The van der Waals surface area contributed by atoms with Crippen molar-refractivity contribution < 1.29 is 4.79 Å². The van der Waals surface area contributed by atoms with E-state index >= 15 is 0 Å². The molecule has 0 spiro atoms. The van der Waals surface area contributed by atoms with E-state index in [0.717, 1.165) is 37.5 Å². The minimum atomic E-state index is 0.124. The van der Waals surface area contributed by atoms with Gasteiger partial charge in [-0.05, 0) is 54.6 Å². The van der Waals surface area contributed by atoms with Crippen LogP contribution in [-0.4, -0.2) is 25.5 Å². The lowest BCUT2D eigenvalue weighted by Gasteiger charge is -2.22. The molecule has 22 heavy (non-hydrogen) atoms. The maximum atomic E-state index is 12.1. The zero-order valence-electron chi connectivity index (χ0n) is 13.0. The number of hydrogen-bond acceptors (Lipinski definition) is 2. The zero-order valence-corrected chi connectivity index (χ0v) is 13.0. The standard InChI is InChI=1S/C19H24N2O/c22-19(21-11-9-15-4-3-10-20-14-15)13-16-7-8-17-5-1-2-6-18(17)12-16/h1-2,5-8,12,15,20H,3-4,9-11,13-14H2,(H,21,22). The number of carbonyl (C=O) groups excluding carboxylic acids is 1. The summed E-state index contributed by atoms with van der Waals surface area (Å²) < 4.78 is 0. The highest BCUT2D eigenvalue weighted by Crippen LogP contribution is 2.16. The summed E-state index contributed by atoms with van der Waals surface area (Å²) in [7, 11) is 0. The molecule has 0 bridgehead atoms. The van der Waals surface area contributed by atoms with Gasteiger partial charge in [-0.15, -0.1) is 0 Å². The Balaban J connectivity index is 1.47. The lowest BCUT2D eigenvalue weighted by Crippen LogP contribution is -2.33. The summed E-state index contributed by atoms with van der Waals surface area (Å²) in [6.07, 6.45) is 4.09. The summed E-state index contributed by atoms with van der Waals surface area (Å²) in [6.45, 7) is 3.03. The van der Waals surface area contributed by atoms with Gasteiger partial charge in [0.25, 0.3) is 0 Å². The van der Waals surface area contributed by atoms with Crippen LogP contribution in [0.4, 0.5) is 0 Å². The van der Waals surface area contributed by atoms with E-state index < -0.39 is 0 Å². The Morgan fingerprint density at radius 2 is 2.05 bits per heavy atom. The largest absolute Gasteiger partial charge is 0.356 e. The molecular weight excluding hydrogens is 272 g/mol. The van der Waals surface area contributed by atoms with Gasteiger partial charge in [0.2, 0.25) is 5.91 Å². The number of rotatable bonds is 5. The van der Waals surface area contributed by atoms with Crippen LogP contribution in [0.2, 0.25) is 0 Å². The van der Waals surface area contributed by atoms with Gasteiger partial charge in [-0.2, -0.15) is 0 Å². The molecule has 2 aromatic rings. The number of carbonyl (C=O) groups is 1. The summed E-state index contributed by atoms with van der Waals surface area (Å²) in [5, 5.41) is 8.89. The fraction of sp³-hybridized carbons (Fsp3) is 0.421. The van der Waals surface area contributed by atoms with Crippen LogP contribution in [0.1, 0.15) is 24.8 Å². The van der Waals surface area contributed by atoms with E-state index in [1.165, 1.54) is 23.6 Å². The molecule has 0 saturated carbocycles. The number of fused-ring (bicyclic) bond motifs is 1. The number of amides is 1. The molecular formula is C19H24N2O. The molecule has 1 aliphatic heterocycles. The van der Waals surface area contributed by atoms with Crippen molar-refractivity contribution in [2.75, 3.05) is 19.6 Å². The summed E-state index contributed by atoms with van der Waals surface area (Å²) >= 11 is 0. The molecule has 1 amide bonds. The van der Waals surface area contributed by atoms with Crippen LogP contribution < -0.4 is 10.6 Å². The molecule has 1 heterocycles. The normalized spacial score (nSPS) is 18.3. The minimum absolute atomic E-state index is 0.124. The number of nitrogens with one attached hydrogen (secondary N) is 2. The average molecular weight is 296 g/mol. The van der Waals surface area contributed by atoms with Crippen molar-refractivity contribution in [1.29, 1.82) is 0 Å². The summed E-state index contributed by atoms with van der Waals surface area (Å²) in [6, 6.07) is 14.5. The van der Waals surface area contributed by atoms with E-state index in [-0.39, 0.29) is 5.91 Å². The second-order valence-corrected chi connectivity index (χ2v) is 6.21. The Kier molecular flexibility index (Phi) is 5.07. The van der Waals surface area contributed by atoms with Crippen molar-refractivity contribution in [2.24, 2.45) is 5.92 Å². The second kappa shape index (κ2) is 7.41. The molecule has 0 radical (unpaired) electrons. The van der Waals surface area contributed by atoms with Crippen LogP contribution in [0, 0.1) is 5.92 Å². The molecule has 1 aliphatic rings. The third-order valence-corrected chi connectivity index (χ3v) is 4.45. The van der Waals surface area contributed by atoms with E-state index in [1.54, 1.807) is 0 Å². The number of benzene rings is 2. The topological polar surface area (TPSA) is 41.1 Å². The van der Waals surface area contributed by atoms with Crippen LogP contribution in [0.5, 0.6) is 0 Å². The quantitative estimate of drug-likeness (QED) is 0.891. The van der Waals surface area contributed by atoms with Gasteiger partial charge in [0.05, 0.1) is 6.42 Å². The van der Waals surface area contributed by atoms with Gasteiger partial charge in [0.15, 0.2) is 0 Å². The SMILES string of the molecule is O=C(Cc1ccc2ccccc2c1)NCCC1CCCNC1. The molecule has 2 N–H and O–H groups in total. The molecule has 2 aromatic carbocycles. The highest BCUT2D eigenvalue weighted by Gasteiger charge is 2.12. The fourth-order valence-electron chi connectivity index (χ4n) is 3.18. The van der Waals surface area contributed by atoms with Crippen molar-refractivity contribution >= 4 is 16.7 Å². The Morgan fingerprint density at radius 3 is 2.86 bits per heavy atom. The predicted octanol–water partition coefficient (Wildman–Crippen LogP) is 2.89. The van der Waals surface area contributed by atoms with E-state index in [2.05, 4.69) is 34.9 Å². The molecule has 1 saturated heterocycles. The maximum Gasteiger partial charge on any atom is 0.224 e. The Hall–Kier alpha value is -1.87. The maximum absolute atomic E-state index is 12.1. The first kappa shape index (κ1) is 15.0. The van der Waals surface area contributed by atoms with Crippen LogP contribution in [0.15, 0.2) is 42.5 Å². The van der Waals surface area contributed by atoms with E-state index in [1.807, 2.05) is 18.2 Å². The van der Waals surface area contributed by atoms with Crippen LogP contribution in [0.25, 0.3) is 10.8 Å². The molecule has 3 nitrogen and oxygen atoms in total. The van der Waals surface area contributed by atoms with Crippen LogP contribution in [0.3, 0.4) is 0 Å². The predicted molar refractivity (Wildman–Crippen MR) is 90.9 cm³/mol. The molecule has 3 heteroatoms. The van der Waals surface area contributed by atoms with Gasteiger partial charge in [-0.3, -0.25) is 4.79 Å². The van der Waals surface area contributed by atoms with E-state index in [0.29, 0.717) is 6.42 Å². The summed E-state index contributed by atoms with van der Waals surface area (Å²) in [5.74, 6) is 0.841. The zero-order chi connectivity index (χ0) is 15.2. The smallest absolute Gasteiger partial charge is 0.224 e. The van der Waals surface area contributed by atoms with Gasteiger partial charge in [0, 0.05) is 6.54 Å². The Labute approximate surface area is 132 Å². The summed E-state index contributed by atoms with van der Waals surface area (Å²) in [5.41, 5.74) is 1.08.